The number of phenolic OH excluding ortho intramolecular Hbond substituents is 1. The number of carbonyl (C=O) groups excluding carboxylic acids is 2. The minimum Gasteiger partial charge on any atom is -0.508 e. The Kier molecular flexibility index (Phi) is 3.88. The molecule has 1 aromatic rings. The van der Waals surface area contributed by atoms with Crippen molar-refractivity contribution in [1.82, 2.24) is 5.32 Å². The Morgan fingerprint density at radius 2 is 2.12 bits per heavy atom. The lowest BCUT2D eigenvalue weighted by atomic mass is 10.1. The molecule has 0 aromatic heterocycles. The van der Waals surface area contributed by atoms with Gasteiger partial charge in [-0.1, -0.05) is 6.07 Å². The summed E-state index contributed by atoms with van der Waals surface area (Å²) in [6.07, 6.45) is 0.0966. The van der Waals surface area contributed by atoms with E-state index in [0.717, 1.165) is 0 Å². The summed E-state index contributed by atoms with van der Waals surface area (Å²) < 4.78 is 4.89. The number of carbonyl (C=O) groups is 2. The predicted octanol–water partition coefficient (Wildman–Crippen LogP) is 0.606. The molecule has 5 nitrogen and oxygen atoms in total. The van der Waals surface area contributed by atoms with Crippen LogP contribution < -0.4 is 10.1 Å². The van der Waals surface area contributed by atoms with E-state index in [1.54, 1.807) is 6.07 Å². The monoisotopic (exact) mass is 223 g/mol. The summed E-state index contributed by atoms with van der Waals surface area (Å²) in [6.45, 7) is 1.26. The van der Waals surface area contributed by atoms with Crippen molar-refractivity contribution in [2.45, 2.75) is 13.3 Å². The molecule has 0 atom stereocenters. The fraction of sp³-hybridized carbons (Fsp3) is 0.273. The summed E-state index contributed by atoms with van der Waals surface area (Å²) in [4.78, 5) is 22.0. The molecule has 0 spiro atoms. The van der Waals surface area contributed by atoms with Gasteiger partial charge in [-0.05, 0) is 6.07 Å². The fourth-order valence-corrected chi connectivity index (χ4v) is 1.20. The molecule has 5 heteroatoms. The number of benzene rings is 1. The number of hydrogen-bond acceptors (Lipinski definition) is 4. The number of hydrogen-bond donors (Lipinski definition) is 2. The number of nitrogens with one attached hydrogen (secondary N) is 1. The molecule has 0 aliphatic rings. The number of rotatable bonds is 3. The second-order valence-corrected chi connectivity index (χ2v) is 3.24. The SMILES string of the molecule is CNC(=O)Cc1ccc(O)cc1OC(C)=O. The van der Waals surface area contributed by atoms with E-state index >= 15 is 0 Å². The van der Waals surface area contributed by atoms with E-state index in [4.69, 9.17) is 4.74 Å². The molecule has 0 saturated carbocycles. The van der Waals surface area contributed by atoms with Crippen molar-refractivity contribution in [3.63, 3.8) is 0 Å². The molecule has 0 fully saturated rings. The average Bonchev–Trinajstić information content (AvgIpc) is 2.21. The van der Waals surface area contributed by atoms with Gasteiger partial charge < -0.3 is 15.2 Å². The maximum absolute atomic E-state index is 11.2. The Labute approximate surface area is 93.0 Å². The highest BCUT2D eigenvalue weighted by Crippen LogP contribution is 2.24. The van der Waals surface area contributed by atoms with E-state index in [-0.39, 0.29) is 23.8 Å². The van der Waals surface area contributed by atoms with Crippen molar-refractivity contribution in [3.05, 3.63) is 23.8 Å². The van der Waals surface area contributed by atoms with Gasteiger partial charge in [-0.2, -0.15) is 0 Å². The van der Waals surface area contributed by atoms with Gasteiger partial charge in [0.2, 0.25) is 5.91 Å². The molecule has 86 valence electrons. The Hall–Kier alpha value is -2.04. The first-order chi connectivity index (χ1) is 7.52. The van der Waals surface area contributed by atoms with Gasteiger partial charge in [0.25, 0.3) is 0 Å². The molecule has 0 bridgehead atoms. The normalized spacial score (nSPS) is 9.62. The van der Waals surface area contributed by atoms with Crippen molar-refractivity contribution < 1.29 is 19.4 Å². The van der Waals surface area contributed by atoms with Gasteiger partial charge in [0.05, 0.1) is 6.42 Å². The zero-order valence-corrected chi connectivity index (χ0v) is 9.11. The molecule has 0 unspecified atom stereocenters. The van der Waals surface area contributed by atoms with Gasteiger partial charge in [0, 0.05) is 25.6 Å². The summed E-state index contributed by atoms with van der Waals surface area (Å²) in [5.74, 6) is -0.504. The Balaban J connectivity index is 2.97. The number of ether oxygens (including phenoxy) is 1. The van der Waals surface area contributed by atoms with Crippen molar-refractivity contribution in [3.8, 4) is 11.5 Å². The minimum absolute atomic E-state index is 0.0168. The van der Waals surface area contributed by atoms with Gasteiger partial charge in [-0.3, -0.25) is 9.59 Å². The first kappa shape index (κ1) is 12.0. The van der Waals surface area contributed by atoms with Crippen molar-refractivity contribution in [2.24, 2.45) is 0 Å². The summed E-state index contributed by atoms with van der Waals surface area (Å²) in [5.41, 5.74) is 0.548. The smallest absolute Gasteiger partial charge is 0.308 e. The summed E-state index contributed by atoms with van der Waals surface area (Å²) >= 11 is 0. The molecule has 16 heavy (non-hydrogen) atoms. The summed E-state index contributed by atoms with van der Waals surface area (Å²) in [7, 11) is 1.52. The van der Waals surface area contributed by atoms with Crippen molar-refractivity contribution in [1.29, 1.82) is 0 Å². The Morgan fingerprint density at radius 1 is 1.44 bits per heavy atom. The van der Waals surface area contributed by atoms with Crippen LogP contribution in [0.15, 0.2) is 18.2 Å². The maximum atomic E-state index is 11.2. The van der Waals surface area contributed by atoms with Crippen molar-refractivity contribution in [2.75, 3.05) is 7.05 Å². The number of amides is 1. The van der Waals surface area contributed by atoms with Gasteiger partial charge in [0.1, 0.15) is 11.5 Å². The molecule has 1 amide bonds. The highest BCUT2D eigenvalue weighted by Gasteiger charge is 2.10. The lowest BCUT2D eigenvalue weighted by Gasteiger charge is -2.08. The quantitative estimate of drug-likeness (QED) is 0.581. The van der Waals surface area contributed by atoms with E-state index in [0.29, 0.717) is 5.56 Å². The molecule has 0 saturated heterocycles. The number of phenols is 1. The van der Waals surface area contributed by atoms with Crippen LogP contribution in [0.4, 0.5) is 0 Å². The highest BCUT2D eigenvalue weighted by atomic mass is 16.5. The number of esters is 1. The molecule has 1 rings (SSSR count). The van der Waals surface area contributed by atoms with Gasteiger partial charge >= 0.3 is 5.97 Å². The van der Waals surface area contributed by atoms with Crippen LogP contribution in [-0.4, -0.2) is 24.0 Å². The van der Waals surface area contributed by atoms with E-state index in [9.17, 15) is 14.7 Å². The van der Waals surface area contributed by atoms with Crippen LogP contribution in [0.1, 0.15) is 12.5 Å². The molecule has 1 aromatic carbocycles. The third kappa shape index (κ3) is 3.27. The lowest BCUT2D eigenvalue weighted by molar-refractivity contribution is -0.132. The first-order valence-electron chi connectivity index (χ1n) is 4.74. The molecule has 0 aliphatic heterocycles. The molecule has 2 N–H and O–H groups in total. The third-order valence-electron chi connectivity index (χ3n) is 1.93. The van der Waals surface area contributed by atoms with E-state index < -0.39 is 5.97 Å². The number of aromatic hydroxyl groups is 1. The van der Waals surface area contributed by atoms with Crippen LogP contribution >= 0.6 is 0 Å². The van der Waals surface area contributed by atoms with Gasteiger partial charge in [0.15, 0.2) is 0 Å². The minimum atomic E-state index is -0.497. The fourth-order valence-electron chi connectivity index (χ4n) is 1.20. The van der Waals surface area contributed by atoms with Crippen LogP contribution in [0, 0.1) is 0 Å². The predicted molar refractivity (Wildman–Crippen MR) is 57.2 cm³/mol. The van der Waals surface area contributed by atoms with Crippen molar-refractivity contribution >= 4 is 11.9 Å². The highest BCUT2D eigenvalue weighted by molar-refractivity contribution is 5.79. The zero-order valence-electron chi connectivity index (χ0n) is 9.11. The Morgan fingerprint density at radius 3 is 2.69 bits per heavy atom. The van der Waals surface area contributed by atoms with Crippen LogP contribution in [0.2, 0.25) is 0 Å². The third-order valence-corrected chi connectivity index (χ3v) is 1.93. The van der Waals surface area contributed by atoms with E-state index in [1.165, 1.54) is 26.1 Å². The average molecular weight is 223 g/mol. The van der Waals surface area contributed by atoms with Crippen LogP contribution in [0.3, 0.4) is 0 Å². The zero-order chi connectivity index (χ0) is 12.1. The summed E-state index contributed by atoms with van der Waals surface area (Å²) in [6, 6.07) is 4.29. The second kappa shape index (κ2) is 5.16. The largest absolute Gasteiger partial charge is 0.508 e. The number of likely N-dealkylation sites (N-methyl/N-ethyl adjacent to an activating group) is 1. The summed E-state index contributed by atoms with van der Waals surface area (Å²) in [5, 5.41) is 11.7. The first-order valence-corrected chi connectivity index (χ1v) is 4.74. The second-order valence-electron chi connectivity index (χ2n) is 3.24. The van der Waals surface area contributed by atoms with Crippen LogP contribution in [-0.2, 0) is 16.0 Å². The maximum Gasteiger partial charge on any atom is 0.308 e. The lowest BCUT2D eigenvalue weighted by Crippen LogP contribution is -2.20. The Bertz CT molecular complexity index is 414. The molecular formula is C11H13NO4. The van der Waals surface area contributed by atoms with Gasteiger partial charge in [-0.25, -0.2) is 0 Å². The molecular weight excluding hydrogens is 210 g/mol. The van der Waals surface area contributed by atoms with Crippen LogP contribution in [0.25, 0.3) is 0 Å². The molecule has 0 aliphatic carbocycles. The van der Waals surface area contributed by atoms with E-state index in [1.807, 2.05) is 0 Å². The van der Waals surface area contributed by atoms with Crippen LogP contribution in [0.5, 0.6) is 11.5 Å². The molecule has 0 heterocycles. The molecule has 0 radical (unpaired) electrons. The standard InChI is InChI=1S/C11H13NO4/c1-7(13)16-10-6-9(14)4-3-8(10)5-11(15)12-2/h3-4,6,14H,5H2,1-2H3,(H,12,15). The van der Waals surface area contributed by atoms with Gasteiger partial charge in [-0.15, -0.1) is 0 Å². The topological polar surface area (TPSA) is 75.6 Å². The van der Waals surface area contributed by atoms with E-state index in [2.05, 4.69) is 5.32 Å².